The first-order valence-electron chi connectivity index (χ1n) is 13.5. The van der Waals surface area contributed by atoms with Gasteiger partial charge in [0.2, 0.25) is 5.91 Å². The maximum absolute atomic E-state index is 12.3. The van der Waals surface area contributed by atoms with Crippen LogP contribution < -0.4 is 5.32 Å². The van der Waals surface area contributed by atoms with Gasteiger partial charge in [0.15, 0.2) is 0 Å². The Labute approximate surface area is 219 Å². The third-order valence-corrected chi connectivity index (χ3v) is 8.32. The van der Waals surface area contributed by atoms with Gasteiger partial charge >= 0.3 is 5.97 Å². The maximum atomic E-state index is 12.3. The minimum Gasteiger partial charge on any atom is -0.481 e. The minimum absolute atomic E-state index is 0.0244. The SMILES string of the molecule is CC(=O)NC(C)C(CC(c1ccccc1)c1ccccc1)C(CCC1(C(=O)O)CCCC1)c1ncc[nH]1. The number of carboxylic acids is 1. The van der Waals surface area contributed by atoms with Crippen molar-refractivity contribution in [3.63, 3.8) is 0 Å². The number of carbonyl (C=O) groups is 2. The molecule has 0 radical (unpaired) electrons. The number of hydrogen-bond donors (Lipinski definition) is 3. The molecule has 196 valence electrons. The highest BCUT2D eigenvalue weighted by molar-refractivity contribution is 5.75. The first kappa shape index (κ1) is 26.6. The van der Waals surface area contributed by atoms with Gasteiger partial charge in [-0.2, -0.15) is 0 Å². The van der Waals surface area contributed by atoms with Crippen molar-refractivity contribution >= 4 is 11.9 Å². The molecule has 1 fully saturated rings. The molecule has 0 saturated heterocycles. The number of H-pyrrole nitrogens is 1. The lowest BCUT2D eigenvalue weighted by Crippen LogP contribution is -2.41. The van der Waals surface area contributed by atoms with E-state index in [1.54, 1.807) is 13.1 Å². The fourth-order valence-corrected chi connectivity index (χ4v) is 6.34. The van der Waals surface area contributed by atoms with Crippen molar-refractivity contribution in [2.24, 2.45) is 11.3 Å². The molecule has 1 aliphatic carbocycles. The lowest BCUT2D eigenvalue weighted by molar-refractivity contribution is -0.149. The van der Waals surface area contributed by atoms with Gasteiger partial charge in [0.05, 0.1) is 5.41 Å². The van der Waals surface area contributed by atoms with Crippen LogP contribution in [-0.4, -0.2) is 33.0 Å². The highest BCUT2D eigenvalue weighted by Crippen LogP contribution is 2.46. The van der Waals surface area contributed by atoms with E-state index >= 15 is 0 Å². The molecular weight excluding hydrogens is 462 g/mol. The van der Waals surface area contributed by atoms with Crippen LogP contribution in [0, 0.1) is 11.3 Å². The molecule has 2 aromatic carbocycles. The molecular formula is C31H39N3O3. The van der Waals surface area contributed by atoms with Gasteiger partial charge in [-0.05, 0) is 56.1 Å². The van der Waals surface area contributed by atoms with Crippen molar-refractivity contribution in [3.05, 3.63) is 90.0 Å². The molecule has 6 nitrogen and oxygen atoms in total. The minimum atomic E-state index is -0.680. The average Bonchev–Trinajstić information content (AvgIpc) is 3.60. The van der Waals surface area contributed by atoms with Crippen molar-refractivity contribution in [3.8, 4) is 0 Å². The van der Waals surface area contributed by atoms with Gasteiger partial charge in [-0.3, -0.25) is 9.59 Å². The van der Waals surface area contributed by atoms with Crippen LogP contribution in [0.3, 0.4) is 0 Å². The van der Waals surface area contributed by atoms with Crippen LogP contribution in [0.15, 0.2) is 73.1 Å². The summed E-state index contributed by atoms with van der Waals surface area (Å²) in [7, 11) is 0. The Morgan fingerprint density at radius 3 is 2.11 bits per heavy atom. The highest BCUT2D eigenvalue weighted by atomic mass is 16.4. The van der Waals surface area contributed by atoms with Crippen LogP contribution in [-0.2, 0) is 9.59 Å². The molecule has 37 heavy (non-hydrogen) atoms. The van der Waals surface area contributed by atoms with Gasteiger partial charge in [0, 0.05) is 37.2 Å². The third-order valence-electron chi connectivity index (χ3n) is 8.32. The molecule has 6 heteroatoms. The molecule has 3 unspecified atom stereocenters. The number of carboxylic acid groups (broad SMARTS) is 1. The second-order valence-corrected chi connectivity index (χ2v) is 10.7. The van der Waals surface area contributed by atoms with Crippen LogP contribution in [0.2, 0.25) is 0 Å². The molecule has 3 N–H and O–H groups in total. The van der Waals surface area contributed by atoms with E-state index in [1.807, 2.05) is 18.3 Å². The number of rotatable bonds is 12. The van der Waals surface area contributed by atoms with Crippen molar-refractivity contribution in [2.75, 3.05) is 0 Å². The van der Waals surface area contributed by atoms with Crippen LogP contribution >= 0.6 is 0 Å². The first-order valence-corrected chi connectivity index (χ1v) is 13.5. The van der Waals surface area contributed by atoms with E-state index in [4.69, 9.17) is 0 Å². The fourth-order valence-electron chi connectivity index (χ4n) is 6.34. The Morgan fingerprint density at radius 2 is 1.62 bits per heavy atom. The fraction of sp³-hybridized carbons (Fsp3) is 0.452. The van der Waals surface area contributed by atoms with Crippen molar-refractivity contribution in [2.45, 2.75) is 76.7 Å². The summed E-state index contributed by atoms with van der Waals surface area (Å²) >= 11 is 0. The largest absolute Gasteiger partial charge is 0.481 e. The highest BCUT2D eigenvalue weighted by Gasteiger charge is 2.43. The van der Waals surface area contributed by atoms with E-state index in [2.05, 4.69) is 70.7 Å². The summed E-state index contributed by atoms with van der Waals surface area (Å²) in [4.78, 5) is 32.5. The Bertz CT molecular complexity index is 1090. The zero-order valence-corrected chi connectivity index (χ0v) is 21.9. The molecule has 0 aliphatic heterocycles. The number of benzene rings is 2. The van der Waals surface area contributed by atoms with Gasteiger partial charge in [0.25, 0.3) is 0 Å². The number of nitrogens with one attached hydrogen (secondary N) is 2. The number of amides is 1. The van der Waals surface area contributed by atoms with E-state index < -0.39 is 11.4 Å². The molecule has 1 saturated carbocycles. The Kier molecular flexibility index (Phi) is 8.80. The Hall–Kier alpha value is -3.41. The molecule has 3 aromatic rings. The summed E-state index contributed by atoms with van der Waals surface area (Å²) in [5.74, 6) is 0.253. The summed E-state index contributed by atoms with van der Waals surface area (Å²) in [5.41, 5.74) is 1.79. The number of carbonyl (C=O) groups excluding carboxylic acids is 1. The number of aliphatic carboxylic acids is 1. The van der Waals surface area contributed by atoms with Crippen LogP contribution in [0.4, 0.5) is 0 Å². The van der Waals surface area contributed by atoms with Crippen molar-refractivity contribution in [1.82, 2.24) is 15.3 Å². The second kappa shape index (κ2) is 12.2. The van der Waals surface area contributed by atoms with Crippen LogP contribution in [0.1, 0.15) is 87.6 Å². The number of nitrogens with zero attached hydrogens (tertiary/aromatic N) is 1. The van der Waals surface area contributed by atoms with E-state index in [1.165, 1.54) is 11.1 Å². The van der Waals surface area contributed by atoms with Gasteiger partial charge in [-0.1, -0.05) is 73.5 Å². The number of aromatic amines is 1. The predicted octanol–water partition coefficient (Wildman–Crippen LogP) is 6.28. The quantitative estimate of drug-likeness (QED) is 0.272. The summed E-state index contributed by atoms with van der Waals surface area (Å²) in [6, 6.07) is 20.9. The Balaban J connectivity index is 1.71. The van der Waals surface area contributed by atoms with Gasteiger partial charge in [0.1, 0.15) is 5.82 Å². The number of aromatic nitrogens is 2. The molecule has 0 bridgehead atoms. The normalized spacial score (nSPS) is 17.3. The van der Waals surface area contributed by atoms with E-state index in [0.29, 0.717) is 12.8 Å². The van der Waals surface area contributed by atoms with Gasteiger partial charge in [-0.15, -0.1) is 0 Å². The van der Waals surface area contributed by atoms with E-state index in [9.17, 15) is 14.7 Å². The van der Waals surface area contributed by atoms with Crippen LogP contribution in [0.5, 0.6) is 0 Å². The maximum Gasteiger partial charge on any atom is 0.309 e. The first-order chi connectivity index (χ1) is 17.9. The lowest BCUT2D eigenvalue weighted by atomic mass is 9.71. The molecule has 1 heterocycles. The molecule has 0 spiro atoms. The summed E-state index contributed by atoms with van der Waals surface area (Å²) in [6.07, 6.45) is 9.09. The molecule has 3 atom stereocenters. The van der Waals surface area contributed by atoms with Crippen molar-refractivity contribution < 1.29 is 14.7 Å². The second-order valence-electron chi connectivity index (χ2n) is 10.7. The molecule has 1 aliphatic rings. The monoisotopic (exact) mass is 501 g/mol. The molecule has 1 amide bonds. The topological polar surface area (TPSA) is 95.1 Å². The third kappa shape index (κ3) is 6.48. The standard InChI is InChI=1S/C31H39N3O3/c1-22(34-23(2)35)27(21-28(24-11-5-3-6-12-24)25-13-7-4-8-14-25)26(29-32-19-20-33-29)15-18-31(30(36)37)16-9-10-17-31/h3-8,11-14,19-20,22,26-28H,9-10,15-18,21H2,1-2H3,(H,32,33)(H,34,35)(H,36,37). The summed E-state index contributed by atoms with van der Waals surface area (Å²) in [5, 5.41) is 13.3. The molecule has 1 aromatic heterocycles. The van der Waals surface area contributed by atoms with Crippen molar-refractivity contribution in [1.29, 1.82) is 0 Å². The average molecular weight is 502 g/mol. The zero-order chi connectivity index (χ0) is 26.3. The summed E-state index contributed by atoms with van der Waals surface area (Å²) < 4.78 is 0. The van der Waals surface area contributed by atoms with E-state index in [0.717, 1.165) is 37.9 Å². The number of hydrogen-bond acceptors (Lipinski definition) is 3. The smallest absolute Gasteiger partial charge is 0.309 e. The number of imidazole rings is 1. The van der Waals surface area contributed by atoms with Gasteiger partial charge < -0.3 is 15.4 Å². The van der Waals surface area contributed by atoms with Crippen LogP contribution in [0.25, 0.3) is 0 Å². The zero-order valence-electron chi connectivity index (χ0n) is 21.9. The summed E-state index contributed by atoms with van der Waals surface area (Å²) in [6.45, 7) is 3.62. The van der Waals surface area contributed by atoms with E-state index in [-0.39, 0.29) is 29.7 Å². The molecule has 4 rings (SSSR count). The lowest BCUT2D eigenvalue weighted by Gasteiger charge is -2.36. The predicted molar refractivity (Wildman–Crippen MR) is 145 cm³/mol. The van der Waals surface area contributed by atoms with Gasteiger partial charge in [-0.25, -0.2) is 4.98 Å². The Morgan fingerprint density at radius 1 is 1.03 bits per heavy atom.